The highest BCUT2D eigenvalue weighted by atomic mass is 35.5. The van der Waals surface area contributed by atoms with Crippen LogP contribution in [0.25, 0.3) is 0 Å². The lowest BCUT2D eigenvalue weighted by atomic mass is 9.99. The molecule has 0 saturated carbocycles. The van der Waals surface area contributed by atoms with Crippen LogP contribution in [0.3, 0.4) is 0 Å². The Morgan fingerprint density at radius 1 is 1.00 bits per heavy atom. The highest BCUT2D eigenvalue weighted by Gasteiger charge is 2.35. The van der Waals surface area contributed by atoms with Gasteiger partial charge in [-0.1, -0.05) is 30.1 Å². The van der Waals surface area contributed by atoms with E-state index in [-0.39, 0.29) is 52.4 Å². The Kier molecular flexibility index (Phi) is 9.75. The summed E-state index contributed by atoms with van der Waals surface area (Å²) in [5.41, 5.74) is 0.177. The van der Waals surface area contributed by atoms with Gasteiger partial charge >= 0.3 is 0 Å². The third kappa shape index (κ3) is 7.01. The number of hydrogen-bond acceptors (Lipinski definition) is 7. The zero-order valence-electron chi connectivity index (χ0n) is 23.1. The molecule has 2 N–H and O–H groups in total. The highest BCUT2D eigenvalue weighted by Crippen LogP contribution is 2.32. The summed E-state index contributed by atoms with van der Waals surface area (Å²) in [5.74, 6) is -0.660. The van der Waals surface area contributed by atoms with Gasteiger partial charge in [-0.3, -0.25) is 9.52 Å². The molecule has 0 unspecified atom stereocenters. The van der Waals surface area contributed by atoms with Gasteiger partial charge in [0.25, 0.3) is 15.9 Å². The molecule has 42 heavy (non-hydrogen) atoms. The number of nitrogens with one attached hydrogen (secondary N) is 1. The van der Waals surface area contributed by atoms with E-state index in [0.29, 0.717) is 10.0 Å². The topological polar surface area (TPSA) is 133 Å². The van der Waals surface area contributed by atoms with E-state index in [2.05, 4.69) is 4.72 Å². The predicted molar refractivity (Wildman–Crippen MR) is 161 cm³/mol. The van der Waals surface area contributed by atoms with Gasteiger partial charge in [-0.25, -0.2) is 16.8 Å². The molecule has 0 aliphatic carbocycles. The number of aliphatic hydroxyl groups excluding tert-OH is 1. The number of sulfonamides is 2. The molecule has 0 aromatic heterocycles. The van der Waals surface area contributed by atoms with Gasteiger partial charge in [0.15, 0.2) is 0 Å². The van der Waals surface area contributed by atoms with E-state index in [9.17, 15) is 26.7 Å². The number of halogens is 2. The number of benzene rings is 3. The van der Waals surface area contributed by atoms with Gasteiger partial charge in [0.05, 0.1) is 34.5 Å². The Labute approximate surface area is 255 Å². The molecular formula is C28H31Cl2N3O7S2. The van der Waals surface area contributed by atoms with Gasteiger partial charge in [-0.2, -0.15) is 4.31 Å². The van der Waals surface area contributed by atoms with E-state index in [0.717, 1.165) is 0 Å². The zero-order chi connectivity index (χ0) is 30.8. The Morgan fingerprint density at radius 2 is 1.57 bits per heavy atom. The summed E-state index contributed by atoms with van der Waals surface area (Å²) < 4.78 is 62.4. The molecule has 0 saturated heterocycles. The van der Waals surface area contributed by atoms with Crippen LogP contribution in [0.4, 0.5) is 5.69 Å². The van der Waals surface area contributed by atoms with E-state index in [1.54, 1.807) is 6.92 Å². The van der Waals surface area contributed by atoms with Crippen LogP contribution in [0.2, 0.25) is 10.0 Å². The van der Waals surface area contributed by atoms with E-state index in [4.69, 9.17) is 27.9 Å². The molecule has 0 spiro atoms. The van der Waals surface area contributed by atoms with Gasteiger partial charge in [0.2, 0.25) is 10.0 Å². The summed E-state index contributed by atoms with van der Waals surface area (Å²) in [6, 6.07) is 15.2. The molecule has 1 aliphatic heterocycles. The van der Waals surface area contributed by atoms with Crippen LogP contribution in [0.1, 0.15) is 24.2 Å². The van der Waals surface area contributed by atoms with Gasteiger partial charge in [-0.15, -0.1) is 0 Å². The van der Waals surface area contributed by atoms with Crippen LogP contribution in [0.5, 0.6) is 5.75 Å². The average molecular weight is 657 g/mol. The number of amides is 1. The van der Waals surface area contributed by atoms with Crippen molar-refractivity contribution in [2.45, 2.75) is 35.8 Å². The summed E-state index contributed by atoms with van der Waals surface area (Å²) in [7, 11) is -6.45. The molecule has 0 fully saturated rings. The summed E-state index contributed by atoms with van der Waals surface area (Å²) >= 11 is 11.8. The predicted octanol–water partition coefficient (Wildman–Crippen LogP) is 4.34. The summed E-state index contributed by atoms with van der Waals surface area (Å²) in [5, 5.41) is 10.7. The number of nitrogens with zero attached hydrogens (tertiary/aromatic N) is 2. The van der Waals surface area contributed by atoms with Crippen molar-refractivity contribution in [3.63, 3.8) is 0 Å². The van der Waals surface area contributed by atoms with Gasteiger partial charge in [0, 0.05) is 35.2 Å². The minimum atomic E-state index is -4.00. The van der Waals surface area contributed by atoms with Crippen molar-refractivity contribution >= 4 is 54.8 Å². The fraction of sp³-hybridized carbons (Fsp3) is 0.321. The number of anilines is 1. The van der Waals surface area contributed by atoms with Crippen molar-refractivity contribution in [1.29, 1.82) is 0 Å². The molecule has 3 aromatic carbocycles. The van der Waals surface area contributed by atoms with Gasteiger partial charge in [-0.05, 0) is 73.7 Å². The van der Waals surface area contributed by atoms with Crippen molar-refractivity contribution in [3.8, 4) is 5.75 Å². The number of fused-ring (bicyclic) bond motifs is 1. The molecule has 0 radical (unpaired) electrons. The third-order valence-electron chi connectivity index (χ3n) is 7.00. The summed E-state index contributed by atoms with van der Waals surface area (Å²) in [4.78, 5) is 15.2. The number of aliphatic hydroxyl groups is 1. The number of carbonyl (C=O) groups is 1. The Morgan fingerprint density at radius 3 is 2.14 bits per heavy atom. The zero-order valence-corrected chi connectivity index (χ0v) is 26.2. The van der Waals surface area contributed by atoms with Crippen LogP contribution in [-0.2, 0) is 20.0 Å². The second-order valence-electron chi connectivity index (χ2n) is 10.1. The second kappa shape index (κ2) is 12.8. The standard InChI is InChI=1S/C28H31Cl2N3O7S2/c1-18-15-33(19(2)17-34)28(35)25-14-22(31-41(36,37)23-9-4-20(29)5-10-23)8-13-26(25)40-27(18)16-32(3)42(38,39)24-11-6-21(30)7-12-24/h4-14,18-19,27,31,34H,15-17H2,1-3H3/t18-,19-,27-/m1/s1. The fourth-order valence-electron chi connectivity index (χ4n) is 4.47. The monoisotopic (exact) mass is 655 g/mol. The van der Waals surface area contributed by atoms with E-state index >= 15 is 0 Å². The van der Waals surface area contributed by atoms with E-state index in [1.807, 2.05) is 6.92 Å². The third-order valence-corrected chi connectivity index (χ3v) is 10.7. The van der Waals surface area contributed by atoms with Crippen LogP contribution < -0.4 is 9.46 Å². The Bertz CT molecular complexity index is 1650. The Balaban J connectivity index is 1.68. The van der Waals surface area contributed by atoms with Gasteiger partial charge < -0.3 is 14.7 Å². The maximum absolute atomic E-state index is 13.7. The lowest BCUT2D eigenvalue weighted by molar-refractivity contribution is 0.0387. The van der Waals surface area contributed by atoms with E-state index < -0.39 is 38.1 Å². The number of rotatable bonds is 9. The minimum Gasteiger partial charge on any atom is -0.488 e. The number of likely N-dealkylation sites (N-methyl/N-ethyl adjacent to an activating group) is 1. The minimum absolute atomic E-state index is 0.0180. The molecule has 1 heterocycles. The number of carbonyl (C=O) groups excluding carboxylic acids is 1. The first-order valence-electron chi connectivity index (χ1n) is 13.0. The van der Waals surface area contributed by atoms with Crippen LogP contribution >= 0.6 is 23.2 Å². The molecule has 10 nitrogen and oxygen atoms in total. The number of ether oxygens (including phenoxy) is 1. The van der Waals surface area contributed by atoms with Crippen molar-refractivity contribution in [1.82, 2.24) is 9.21 Å². The first-order chi connectivity index (χ1) is 19.7. The van der Waals surface area contributed by atoms with Crippen LogP contribution in [-0.4, -0.2) is 75.9 Å². The fourth-order valence-corrected chi connectivity index (χ4v) is 6.95. The van der Waals surface area contributed by atoms with Gasteiger partial charge in [0.1, 0.15) is 11.9 Å². The lowest BCUT2D eigenvalue weighted by Gasteiger charge is -2.38. The van der Waals surface area contributed by atoms with Crippen LogP contribution in [0.15, 0.2) is 76.5 Å². The Hall–Kier alpha value is -2.87. The first-order valence-corrected chi connectivity index (χ1v) is 16.6. The van der Waals surface area contributed by atoms with Crippen LogP contribution in [0, 0.1) is 5.92 Å². The van der Waals surface area contributed by atoms with Crippen molar-refractivity contribution < 1.29 is 31.5 Å². The quantitative estimate of drug-likeness (QED) is 0.350. The molecule has 3 atom stereocenters. The molecule has 226 valence electrons. The summed E-state index contributed by atoms with van der Waals surface area (Å²) in [6.07, 6.45) is -0.700. The maximum atomic E-state index is 13.7. The lowest BCUT2D eigenvalue weighted by Crippen LogP contribution is -2.50. The number of hydrogen-bond donors (Lipinski definition) is 2. The SMILES string of the molecule is C[C@@H]1CN([C@H](C)CO)C(=O)c2cc(NS(=O)(=O)c3ccc(Cl)cc3)ccc2O[C@@H]1CN(C)S(=O)(=O)c1ccc(Cl)cc1. The first kappa shape index (κ1) is 32.1. The van der Waals surface area contributed by atoms with Crippen molar-refractivity contribution in [2.75, 3.05) is 31.5 Å². The normalized spacial score (nSPS) is 18.5. The molecule has 0 bridgehead atoms. The van der Waals surface area contributed by atoms with Crippen molar-refractivity contribution in [3.05, 3.63) is 82.3 Å². The molecule has 4 rings (SSSR count). The summed E-state index contributed by atoms with van der Waals surface area (Å²) in [6.45, 7) is 3.31. The molecular weight excluding hydrogens is 625 g/mol. The van der Waals surface area contributed by atoms with E-state index in [1.165, 1.54) is 83.0 Å². The van der Waals surface area contributed by atoms with Crippen molar-refractivity contribution in [2.24, 2.45) is 5.92 Å². The molecule has 1 amide bonds. The maximum Gasteiger partial charge on any atom is 0.261 e. The largest absolute Gasteiger partial charge is 0.488 e. The highest BCUT2D eigenvalue weighted by molar-refractivity contribution is 7.92. The molecule has 1 aliphatic rings. The smallest absolute Gasteiger partial charge is 0.261 e. The second-order valence-corrected chi connectivity index (χ2v) is 14.7. The molecule has 3 aromatic rings. The molecule has 14 heteroatoms. The average Bonchev–Trinajstić information content (AvgIpc) is 2.95.